The molecule has 2 heteroatoms. The van der Waals surface area contributed by atoms with Crippen LogP contribution >= 0.6 is 11.3 Å². The lowest BCUT2D eigenvalue weighted by Gasteiger charge is -2.46. The van der Waals surface area contributed by atoms with E-state index in [-0.39, 0.29) is 5.41 Å². The van der Waals surface area contributed by atoms with Gasteiger partial charge in [0.25, 0.3) is 0 Å². The molecule has 0 radical (unpaired) electrons. The fourth-order valence-corrected chi connectivity index (χ4v) is 10.3. The second-order valence-electron chi connectivity index (χ2n) is 13.8. The van der Waals surface area contributed by atoms with Crippen molar-refractivity contribution in [1.29, 1.82) is 0 Å². The maximum atomic E-state index is 4.82. The molecule has 1 saturated carbocycles. The number of thiophene rings is 1. The van der Waals surface area contributed by atoms with Crippen molar-refractivity contribution >= 4 is 48.6 Å². The molecule has 1 spiro atoms. The third-order valence-corrected chi connectivity index (χ3v) is 12.4. The molecule has 3 unspecified atom stereocenters. The number of fused-ring (bicyclic) bond motifs is 8. The van der Waals surface area contributed by atoms with Gasteiger partial charge in [0.05, 0.1) is 5.69 Å². The highest BCUT2D eigenvalue weighted by Crippen LogP contribution is 2.62. The summed E-state index contributed by atoms with van der Waals surface area (Å²) in [6.07, 6.45) is 3.57. The number of rotatable bonds is 5. The van der Waals surface area contributed by atoms with Gasteiger partial charge in [-0.15, -0.1) is 11.3 Å². The standard InChI is InChI=1S/C46H39NS/c1-4-32-28-30(2)46(31(3)29-32)39-19-10-8-16-37(39)44-36(18-12-20-40(44)46)33-24-26-35(27-25-33)47(34-14-6-5-7-15-34)41-21-13-23-43-45(41)38-17-9-11-22-42(38)48-43/h5-27,31-32H,2,4,28-29H2,1,3H3. The SMILES string of the molecule is C=C1CC(CC)CC(C)C12c1ccccc1-c1c(-c3ccc(N(c4ccccc4)c4cccc5sc6ccccc6c45)cc3)cccc12. The second-order valence-corrected chi connectivity index (χ2v) is 14.9. The maximum absolute atomic E-state index is 4.82. The van der Waals surface area contributed by atoms with Crippen molar-refractivity contribution < 1.29 is 0 Å². The Kier molecular flexibility index (Phi) is 6.92. The summed E-state index contributed by atoms with van der Waals surface area (Å²) in [6, 6.07) is 51.7. The number of anilines is 3. The fraction of sp³-hybridized carbons (Fsp3) is 0.174. The molecule has 2 aliphatic rings. The van der Waals surface area contributed by atoms with E-state index in [2.05, 4.69) is 158 Å². The Hall–Kier alpha value is -4.92. The van der Waals surface area contributed by atoms with Gasteiger partial charge in [-0.1, -0.05) is 129 Å². The molecule has 1 nitrogen and oxygen atoms in total. The molecule has 0 N–H and O–H groups in total. The molecule has 1 fully saturated rings. The monoisotopic (exact) mass is 637 g/mol. The van der Waals surface area contributed by atoms with E-state index < -0.39 is 0 Å². The van der Waals surface area contributed by atoms with Gasteiger partial charge in [-0.3, -0.25) is 0 Å². The van der Waals surface area contributed by atoms with Gasteiger partial charge in [-0.2, -0.15) is 0 Å². The number of hydrogen-bond donors (Lipinski definition) is 0. The van der Waals surface area contributed by atoms with E-state index in [9.17, 15) is 0 Å². The lowest BCUT2D eigenvalue weighted by Crippen LogP contribution is -2.40. The summed E-state index contributed by atoms with van der Waals surface area (Å²) < 4.78 is 2.63. The Morgan fingerprint density at radius 2 is 1.35 bits per heavy atom. The molecular formula is C46H39NS. The van der Waals surface area contributed by atoms with Crippen LogP contribution in [0.25, 0.3) is 42.4 Å². The van der Waals surface area contributed by atoms with Crippen LogP contribution in [0, 0.1) is 11.8 Å². The first-order valence-corrected chi connectivity index (χ1v) is 18.2. The summed E-state index contributed by atoms with van der Waals surface area (Å²) in [4.78, 5) is 2.42. The van der Waals surface area contributed by atoms with Crippen LogP contribution in [0.2, 0.25) is 0 Å². The third kappa shape index (κ3) is 4.22. The minimum Gasteiger partial charge on any atom is -0.310 e. The molecule has 48 heavy (non-hydrogen) atoms. The van der Waals surface area contributed by atoms with Crippen LogP contribution in [0.4, 0.5) is 17.1 Å². The van der Waals surface area contributed by atoms with E-state index in [0.29, 0.717) is 5.92 Å². The number of hydrogen-bond acceptors (Lipinski definition) is 2. The normalized spacial score (nSPS) is 19.9. The molecule has 6 aromatic carbocycles. The van der Waals surface area contributed by atoms with E-state index in [1.807, 2.05) is 11.3 Å². The molecular weight excluding hydrogens is 599 g/mol. The second kappa shape index (κ2) is 11.4. The van der Waals surface area contributed by atoms with Crippen LogP contribution in [0.3, 0.4) is 0 Å². The average molecular weight is 638 g/mol. The van der Waals surface area contributed by atoms with Gasteiger partial charge in [0, 0.05) is 37.0 Å². The molecule has 0 saturated heterocycles. The van der Waals surface area contributed by atoms with Gasteiger partial charge >= 0.3 is 0 Å². The van der Waals surface area contributed by atoms with Gasteiger partial charge in [-0.25, -0.2) is 0 Å². The van der Waals surface area contributed by atoms with E-state index in [0.717, 1.165) is 23.7 Å². The number of benzene rings is 6. The van der Waals surface area contributed by atoms with Crippen molar-refractivity contribution in [3.05, 3.63) is 163 Å². The summed E-state index contributed by atoms with van der Waals surface area (Å²) >= 11 is 1.87. The van der Waals surface area contributed by atoms with Crippen molar-refractivity contribution in [3.8, 4) is 22.3 Å². The fourth-order valence-electron chi connectivity index (χ4n) is 9.18. The predicted octanol–water partition coefficient (Wildman–Crippen LogP) is 13.5. The van der Waals surface area contributed by atoms with Crippen molar-refractivity contribution in [3.63, 3.8) is 0 Å². The number of nitrogens with zero attached hydrogens (tertiary/aromatic N) is 1. The van der Waals surface area contributed by atoms with Gasteiger partial charge in [0.15, 0.2) is 0 Å². The first-order chi connectivity index (χ1) is 23.6. The Bertz CT molecular complexity index is 2330. The van der Waals surface area contributed by atoms with Crippen molar-refractivity contribution in [1.82, 2.24) is 0 Å². The zero-order valence-corrected chi connectivity index (χ0v) is 28.4. The number of para-hydroxylation sites is 1. The molecule has 0 bridgehead atoms. The summed E-state index contributed by atoms with van der Waals surface area (Å²) in [6.45, 7) is 9.62. The van der Waals surface area contributed by atoms with Gasteiger partial charge < -0.3 is 4.90 Å². The Morgan fingerprint density at radius 3 is 2.17 bits per heavy atom. The summed E-state index contributed by atoms with van der Waals surface area (Å²) in [5.74, 6) is 1.22. The zero-order chi connectivity index (χ0) is 32.4. The zero-order valence-electron chi connectivity index (χ0n) is 27.6. The predicted molar refractivity (Wildman–Crippen MR) is 207 cm³/mol. The molecule has 9 rings (SSSR count). The van der Waals surface area contributed by atoms with Crippen molar-refractivity contribution in [2.45, 2.75) is 38.5 Å². The summed E-state index contributed by atoms with van der Waals surface area (Å²) in [5, 5.41) is 2.61. The maximum Gasteiger partial charge on any atom is 0.0554 e. The topological polar surface area (TPSA) is 3.24 Å². The Morgan fingerprint density at radius 1 is 0.688 bits per heavy atom. The first-order valence-electron chi connectivity index (χ1n) is 17.4. The van der Waals surface area contributed by atoms with Crippen molar-refractivity contribution in [2.75, 3.05) is 4.90 Å². The van der Waals surface area contributed by atoms with Crippen LogP contribution < -0.4 is 4.90 Å². The number of allylic oxidation sites excluding steroid dienone is 1. The lowest BCUT2D eigenvalue weighted by atomic mass is 9.57. The molecule has 7 aromatic rings. The third-order valence-electron chi connectivity index (χ3n) is 11.3. The van der Waals surface area contributed by atoms with Crippen LogP contribution in [0.1, 0.15) is 44.2 Å². The highest BCUT2D eigenvalue weighted by molar-refractivity contribution is 7.26. The summed E-state index contributed by atoms with van der Waals surface area (Å²) in [5.41, 5.74) is 13.0. The molecule has 3 atom stereocenters. The van der Waals surface area contributed by atoms with Gasteiger partial charge in [0.1, 0.15) is 0 Å². The first kappa shape index (κ1) is 29.2. The minimum atomic E-state index is -0.125. The molecule has 1 heterocycles. The van der Waals surface area contributed by atoms with Gasteiger partial charge in [0.2, 0.25) is 0 Å². The molecule has 2 aliphatic carbocycles. The van der Waals surface area contributed by atoms with Crippen LogP contribution in [0.15, 0.2) is 152 Å². The minimum absolute atomic E-state index is 0.125. The van der Waals surface area contributed by atoms with Crippen LogP contribution in [0.5, 0.6) is 0 Å². The van der Waals surface area contributed by atoms with E-state index in [1.165, 1.54) is 77.7 Å². The van der Waals surface area contributed by atoms with E-state index in [4.69, 9.17) is 6.58 Å². The Balaban J connectivity index is 1.19. The van der Waals surface area contributed by atoms with Crippen molar-refractivity contribution in [2.24, 2.45) is 11.8 Å². The molecule has 0 amide bonds. The highest BCUT2D eigenvalue weighted by Gasteiger charge is 2.52. The lowest BCUT2D eigenvalue weighted by molar-refractivity contribution is 0.248. The highest BCUT2D eigenvalue weighted by atomic mass is 32.1. The van der Waals surface area contributed by atoms with E-state index >= 15 is 0 Å². The average Bonchev–Trinajstić information content (AvgIpc) is 3.66. The quantitative estimate of drug-likeness (QED) is 0.170. The molecule has 1 aromatic heterocycles. The van der Waals surface area contributed by atoms with E-state index in [1.54, 1.807) is 0 Å². The molecule has 234 valence electrons. The smallest absolute Gasteiger partial charge is 0.0554 e. The largest absolute Gasteiger partial charge is 0.310 e. The van der Waals surface area contributed by atoms with Crippen LogP contribution in [-0.2, 0) is 5.41 Å². The molecule has 0 aliphatic heterocycles. The Labute approximate surface area is 287 Å². The van der Waals surface area contributed by atoms with Crippen LogP contribution in [-0.4, -0.2) is 0 Å². The summed E-state index contributed by atoms with van der Waals surface area (Å²) in [7, 11) is 0. The van der Waals surface area contributed by atoms with Gasteiger partial charge in [-0.05, 0) is 101 Å².